The minimum absolute atomic E-state index is 0.708. The van der Waals surface area contributed by atoms with E-state index >= 15 is 0 Å². The Balaban J connectivity index is 1.96. The second kappa shape index (κ2) is 8.62. The minimum atomic E-state index is 0.708. The van der Waals surface area contributed by atoms with E-state index in [4.69, 9.17) is 16.3 Å². The molecule has 0 saturated heterocycles. The van der Waals surface area contributed by atoms with Gasteiger partial charge in [-0.3, -0.25) is 0 Å². The molecule has 0 aliphatic rings. The van der Waals surface area contributed by atoms with Crippen molar-refractivity contribution in [2.45, 2.75) is 20.3 Å². The minimum Gasteiger partial charge on any atom is -0.457 e. The fourth-order valence-corrected chi connectivity index (χ4v) is 2.17. The second-order valence-electron chi connectivity index (χ2n) is 5.17. The van der Waals surface area contributed by atoms with Crippen molar-refractivity contribution in [3.05, 3.63) is 65.2 Å². The predicted molar refractivity (Wildman–Crippen MR) is 94.8 cm³/mol. The molecular formula is C19H22ClNO. The Bertz CT molecular complexity index is 602. The van der Waals surface area contributed by atoms with Gasteiger partial charge in [-0.05, 0) is 67.4 Å². The van der Waals surface area contributed by atoms with E-state index in [2.05, 4.69) is 37.4 Å². The summed E-state index contributed by atoms with van der Waals surface area (Å²) in [6.45, 7) is 6.26. The van der Waals surface area contributed by atoms with E-state index in [1.807, 2.05) is 36.4 Å². The van der Waals surface area contributed by atoms with Gasteiger partial charge in [0, 0.05) is 11.6 Å². The van der Waals surface area contributed by atoms with Crippen LogP contribution in [0.3, 0.4) is 0 Å². The smallest absolute Gasteiger partial charge is 0.127 e. The van der Waals surface area contributed by atoms with Crippen LogP contribution in [0.1, 0.15) is 25.8 Å². The lowest BCUT2D eigenvalue weighted by molar-refractivity contribution is 0.482. The fraction of sp³-hybridized carbons (Fsp3) is 0.263. The number of ether oxygens (including phenoxy) is 1. The van der Waals surface area contributed by atoms with E-state index in [0.29, 0.717) is 5.02 Å². The molecule has 0 aliphatic heterocycles. The van der Waals surface area contributed by atoms with Crippen LogP contribution in [-0.4, -0.2) is 13.1 Å². The molecule has 2 rings (SSSR count). The highest BCUT2D eigenvalue weighted by atomic mass is 35.5. The number of rotatable bonds is 7. The highest BCUT2D eigenvalue weighted by Crippen LogP contribution is 2.24. The largest absolute Gasteiger partial charge is 0.457 e. The van der Waals surface area contributed by atoms with Gasteiger partial charge in [0.1, 0.15) is 11.5 Å². The molecule has 0 saturated carbocycles. The van der Waals surface area contributed by atoms with Crippen molar-refractivity contribution in [1.29, 1.82) is 0 Å². The molecule has 0 amide bonds. The third kappa shape index (κ3) is 5.21. The van der Waals surface area contributed by atoms with Crippen LogP contribution >= 0.6 is 11.6 Å². The Kier molecular flexibility index (Phi) is 6.50. The molecule has 0 fully saturated rings. The first-order valence-electron chi connectivity index (χ1n) is 7.60. The normalized spacial score (nSPS) is 11.5. The lowest BCUT2D eigenvalue weighted by Gasteiger charge is -2.07. The van der Waals surface area contributed by atoms with E-state index in [1.165, 1.54) is 11.1 Å². The molecule has 22 heavy (non-hydrogen) atoms. The molecular weight excluding hydrogens is 294 g/mol. The van der Waals surface area contributed by atoms with Crippen molar-refractivity contribution in [3.8, 4) is 11.5 Å². The van der Waals surface area contributed by atoms with Gasteiger partial charge in [-0.25, -0.2) is 0 Å². The van der Waals surface area contributed by atoms with Gasteiger partial charge in [-0.1, -0.05) is 36.7 Å². The molecule has 0 bridgehead atoms. The van der Waals surface area contributed by atoms with Crippen LogP contribution in [0.5, 0.6) is 11.5 Å². The topological polar surface area (TPSA) is 21.3 Å². The summed E-state index contributed by atoms with van der Waals surface area (Å²) in [5, 5.41) is 4.08. The summed E-state index contributed by atoms with van der Waals surface area (Å²) >= 11 is 5.86. The molecule has 2 nitrogen and oxygen atoms in total. The van der Waals surface area contributed by atoms with Gasteiger partial charge in [-0.2, -0.15) is 0 Å². The van der Waals surface area contributed by atoms with E-state index in [0.717, 1.165) is 31.0 Å². The van der Waals surface area contributed by atoms with Gasteiger partial charge in [-0.15, -0.1) is 0 Å². The molecule has 0 radical (unpaired) electrons. The van der Waals surface area contributed by atoms with Crippen LogP contribution in [0.2, 0.25) is 5.02 Å². The lowest BCUT2D eigenvalue weighted by Crippen LogP contribution is -2.14. The molecule has 1 N–H and O–H groups in total. The third-order valence-electron chi connectivity index (χ3n) is 3.34. The number of nitrogens with one attached hydrogen (secondary N) is 1. The number of halogens is 1. The zero-order chi connectivity index (χ0) is 15.8. The van der Waals surface area contributed by atoms with Crippen molar-refractivity contribution in [2.24, 2.45) is 0 Å². The molecule has 2 aromatic rings. The Hall–Kier alpha value is -1.77. The molecule has 0 unspecified atom stereocenters. The van der Waals surface area contributed by atoms with Gasteiger partial charge < -0.3 is 10.1 Å². The summed E-state index contributed by atoms with van der Waals surface area (Å²) in [5.74, 6) is 1.61. The number of allylic oxidation sites excluding steroid dienone is 1. The SMILES string of the molecule is CCCNCC=C(C)c1ccc(Oc2ccc(Cl)cc2)cc1. The monoisotopic (exact) mass is 315 g/mol. The molecule has 0 atom stereocenters. The van der Waals surface area contributed by atoms with E-state index < -0.39 is 0 Å². The maximum Gasteiger partial charge on any atom is 0.127 e. The maximum absolute atomic E-state index is 5.86. The standard InChI is InChI=1S/C19H22ClNO/c1-3-13-21-14-12-15(2)16-4-8-18(9-5-16)22-19-10-6-17(20)7-11-19/h4-12,21H,3,13-14H2,1-2H3. The average Bonchev–Trinajstić information content (AvgIpc) is 2.54. The number of benzene rings is 2. The van der Waals surface area contributed by atoms with Crippen LogP contribution in [0.15, 0.2) is 54.6 Å². The molecule has 0 aromatic heterocycles. The van der Waals surface area contributed by atoms with Crippen LogP contribution in [0.25, 0.3) is 5.57 Å². The van der Waals surface area contributed by atoms with Gasteiger partial charge in [0.05, 0.1) is 0 Å². The van der Waals surface area contributed by atoms with Crippen molar-refractivity contribution in [3.63, 3.8) is 0 Å². The van der Waals surface area contributed by atoms with Gasteiger partial charge in [0.25, 0.3) is 0 Å². The van der Waals surface area contributed by atoms with Crippen molar-refractivity contribution >= 4 is 17.2 Å². The second-order valence-corrected chi connectivity index (χ2v) is 5.61. The number of hydrogen-bond acceptors (Lipinski definition) is 2. The first-order valence-corrected chi connectivity index (χ1v) is 7.98. The molecule has 116 valence electrons. The third-order valence-corrected chi connectivity index (χ3v) is 3.59. The summed E-state index contributed by atoms with van der Waals surface area (Å²) in [5.41, 5.74) is 2.48. The molecule has 0 heterocycles. The van der Waals surface area contributed by atoms with Crippen molar-refractivity contribution < 1.29 is 4.74 Å². The van der Waals surface area contributed by atoms with E-state index in [9.17, 15) is 0 Å². The highest BCUT2D eigenvalue weighted by molar-refractivity contribution is 6.30. The Morgan fingerprint density at radius 3 is 2.23 bits per heavy atom. The van der Waals surface area contributed by atoms with E-state index in [1.54, 1.807) is 0 Å². The summed E-state index contributed by atoms with van der Waals surface area (Å²) in [6, 6.07) is 15.5. The first-order chi connectivity index (χ1) is 10.7. The maximum atomic E-state index is 5.86. The quantitative estimate of drug-likeness (QED) is 0.678. The number of hydrogen-bond donors (Lipinski definition) is 1. The van der Waals surface area contributed by atoms with Gasteiger partial charge >= 0.3 is 0 Å². The van der Waals surface area contributed by atoms with Crippen LogP contribution < -0.4 is 10.1 Å². The van der Waals surface area contributed by atoms with Crippen LogP contribution in [0, 0.1) is 0 Å². The Morgan fingerprint density at radius 2 is 1.64 bits per heavy atom. The van der Waals surface area contributed by atoms with Crippen molar-refractivity contribution in [1.82, 2.24) is 5.32 Å². The molecule has 3 heteroatoms. The molecule has 2 aromatic carbocycles. The van der Waals surface area contributed by atoms with Gasteiger partial charge in [0.2, 0.25) is 0 Å². The zero-order valence-electron chi connectivity index (χ0n) is 13.1. The summed E-state index contributed by atoms with van der Waals surface area (Å²) in [6.07, 6.45) is 3.37. The van der Waals surface area contributed by atoms with Crippen LogP contribution in [0.4, 0.5) is 0 Å². The summed E-state index contributed by atoms with van der Waals surface area (Å²) in [4.78, 5) is 0. The molecule has 0 aliphatic carbocycles. The zero-order valence-corrected chi connectivity index (χ0v) is 13.9. The predicted octanol–water partition coefficient (Wildman–Crippen LogP) is 5.54. The molecule has 0 spiro atoms. The van der Waals surface area contributed by atoms with E-state index in [-0.39, 0.29) is 0 Å². The van der Waals surface area contributed by atoms with Gasteiger partial charge in [0.15, 0.2) is 0 Å². The first kappa shape index (κ1) is 16.6. The highest BCUT2D eigenvalue weighted by Gasteiger charge is 1.99. The summed E-state index contributed by atoms with van der Waals surface area (Å²) < 4.78 is 5.79. The Morgan fingerprint density at radius 1 is 1.05 bits per heavy atom. The summed E-state index contributed by atoms with van der Waals surface area (Å²) in [7, 11) is 0. The lowest BCUT2D eigenvalue weighted by atomic mass is 10.1. The van der Waals surface area contributed by atoms with Crippen LogP contribution in [-0.2, 0) is 0 Å². The Labute approximate surface area is 137 Å². The van der Waals surface area contributed by atoms with Crippen molar-refractivity contribution in [2.75, 3.05) is 13.1 Å². The average molecular weight is 316 g/mol. The fourth-order valence-electron chi connectivity index (χ4n) is 2.05.